The topological polar surface area (TPSA) is 21.7 Å². The van der Waals surface area contributed by atoms with Gasteiger partial charge in [-0.2, -0.15) is 0 Å². The number of likely N-dealkylation sites (N-methyl/N-ethyl adjacent to an activating group) is 1. The molecule has 0 heterocycles. The van der Waals surface area contributed by atoms with Crippen LogP contribution in [0.4, 0.5) is 0 Å². The Hall–Kier alpha value is 0.360. The Bertz CT molecular complexity index is 123. The smallest absolute Gasteiger partial charge is 0.0593 e. The fourth-order valence-electron chi connectivity index (χ4n) is 1.15. The van der Waals surface area contributed by atoms with E-state index in [-0.39, 0.29) is 0 Å². The molecule has 0 saturated heterocycles. The number of halogens is 1. The molecule has 0 fully saturated rings. The first-order valence-corrected chi connectivity index (χ1v) is 5.97. The number of rotatable bonds is 9. The molecule has 0 N–H and O–H groups in total. The molecule has 0 aromatic rings. The van der Waals surface area contributed by atoms with E-state index in [0.29, 0.717) is 4.83 Å². The van der Waals surface area contributed by atoms with Crippen LogP contribution in [0.5, 0.6) is 0 Å². The van der Waals surface area contributed by atoms with Crippen LogP contribution in [-0.2, 0) is 9.47 Å². The lowest BCUT2D eigenvalue weighted by Crippen LogP contribution is -2.28. The molecular weight excluding hydrogens is 246 g/mol. The van der Waals surface area contributed by atoms with Gasteiger partial charge < -0.3 is 14.4 Å². The maximum absolute atomic E-state index is 5.45. The van der Waals surface area contributed by atoms with Crippen LogP contribution in [0.15, 0.2) is 0 Å². The molecule has 0 aromatic heterocycles. The zero-order valence-electron chi connectivity index (χ0n) is 9.46. The van der Waals surface area contributed by atoms with Gasteiger partial charge in [0, 0.05) is 38.2 Å². The Labute approximate surface area is 95.9 Å². The van der Waals surface area contributed by atoms with Gasteiger partial charge in [-0.15, -0.1) is 0 Å². The molecule has 1 unspecified atom stereocenters. The molecule has 0 amide bonds. The van der Waals surface area contributed by atoms with Gasteiger partial charge in [0.2, 0.25) is 0 Å². The molecule has 14 heavy (non-hydrogen) atoms. The van der Waals surface area contributed by atoms with Gasteiger partial charge in [-0.05, 0) is 13.5 Å². The normalized spacial score (nSPS) is 13.5. The molecule has 0 rings (SSSR count). The van der Waals surface area contributed by atoms with Crippen LogP contribution in [-0.4, -0.2) is 56.8 Å². The van der Waals surface area contributed by atoms with E-state index in [1.165, 1.54) is 0 Å². The van der Waals surface area contributed by atoms with E-state index >= 15 is 0 Å². The van der Waals surface area contributed by atoms with Gasteiger partial charge in [-0.25, -0.2) is 0 Å². The Kier molecular flexibility index (Phi) is 10.2. The average molecular weight is 268 g/mol. The summed E-state index contributed by atoms with van der Waals surface area (Å²) < 4.78 is 10.4. The number of hydrogen-bond acceptors (Lipinski definition) is 3. The van der Waals surface area contributed by atoms with Gasteiger partial charge in [-0.1, -0.05) is 22.9 Å². The third-order valence-corrected chi connectivity index (χ3v) is 2.11. The van der Waals surface area contributed by atoms with Crippen molar-refractivity contribution in [3.05, 3.63) is 0 Å². The van der Waals surface area contributed by atoms with E-state index in [2.05, 4.69) is 34.8 Å². The van der Waals surface area contributed by atoms with Crippen LogP contribution in [0.3, 0.4) is 0 Å². The highest BCUT2D eigenvalue weighted by Gasteiger charge is 2.01. The fraction of sp³-hybridized carbons (Fsp3) is 1.00. The monoisotopic (exact) mass is 267 g/mol. The summed E-state index contributed by atoms with van der Waals surface area (Å²) in [5.74, 6) is 0. The number of hydrogen-bond donors (Lipinski definition) is 0. The molecule has 4 heteroatoms. The van der Waals surface area contributed by atoms with E-state index in [1.54, 1.807) is 7.11 Å². The fourth-order valence-corrected chi connectivity index (χ4v) is 1.64. The Balaban J connectivity index is 3.10. The van der Waals surface area contributed by atoms with E-state index < -0.39 is 0 Å². The lowest BCUT2D eigenvalue weighted by atomic mass is 10.4. The third-order valence-electron chi connectivity index (χ3n) is 1.82. The summed E-state index contributed by atoms with van der Waals surface area (Å²) >= 11 is 3.52. The molecular formula is C10H22BrNO2. The van der Waals surface area contributed by atoms with Crippen LogP contribution in [0, 0.1) is 0 Å². The second-order valence-electron chi connectivity index (χ2n) is 3.50. The number of nitrogens with zero attached hydrogens (tertiary/aromatic N) is 1. The number of methoxy groups -OCH3 is 1. The first kappa shape index (κ1) is 14.4. The van der Waals surface area contributed by atoms with Gasteiger partial charge in [0.15, 0.2) is 0 Å². The first-order chi connectivity index (χ1) is 6.66. The van der Waals surface area contributed by atoms with Crippen LogP contribution >= 0.6 is 15.9 Å². The van der Waals surface area contributed by atoms with Crippen molar-refractivity contribution in [3.63, 3.8) is 0 Å². The number of alkyl halides is 1. The molecule has 0 aliphatic carbocycles. The van der Waals surface area contributed by atoms with Gasteiger partial charge in [0.05, 0.1) is 6.61 Å². The van der Waals surface area contributed by atoms with Gasteiger partial charge in [0.25, 0.3) is 0 Å². The summed E-state index contributed by atoms with van der Waals surface area (Å²) in [4.78, 5) is 2.80. The average Bonchev–Trinajstić information content (AvgIpc) is 2.10. The zero-order valence-corrected chi connectivity index (χ0v) is 11.0. The van der Waals surface area contributed by atoms with Crippen LogP contribution in [0.25, 0.3) is 0 Å². The molecule has 3 nitrogen and oxygen atoms in total. The SMILES string of the molecule is COCCCOCCN(C)CC(C)Br. The van der Waals surface area contributed by atoms with Crippen LogP contribution in [0.2, 0.25) is 0 Å². The van der Waals surface area contributed by atoms with E-state index in [4.69, 9.17) is 9.47 Å². The highest BCUT2D eigenvalue weighted by atomic mass is 79.9. The molecule has 0 spiro atoms. The van der Waals surface area contributed by atoms with Crippen LogP contribution < -0.4 is 0 Å². The van der Waals surface area contributed by atoms with Crippen molar-refractivity contribution < 1.29 is 9.47 Å². The molecule has 0 aromatic carbocycles. The second-order valence-corrected chi connectivity index (χ2v) is 5.06. The third kappa shape index (κ3) is 10.4. The quantitative estimate of drug-likeness (QED) is 0.470. The minimum Gasteiger partial charge on any atom is -0.385 e. The minimum atomic E-state index is 0.543. The predicted molar refractivity (Wildman–Crippen MR) is 63.2 cm³/mol. The second kappa shape index (κ2) is 9.90. The lowest BCUT2D eigenvalue weighted by molar-refractivity contribution is 0.0891. The van der Waals surface area contributed by atoms with Crippen LogP contribution in [0.1, 0.15) is 13.3 Å². The molecule has 0 radical (unpaired) electrons. The highest BCUT2D eigenvalue weighted by molar-refractivity contribution is 9.09. The van der Waals surface area contributed by atoms with E-state index in [9.17, 15) is 0 Å². The maximum atomic E-state index is 5.45. The van der Waals surface area contributed by atoms with Crippen molar-refractivity contribution in [3.8, 4) is 0 Å². The van der Waals surface area contributed by atoms with Gasteiger partial charge in [0.1, 0.15) is 0 Å². The number of ether oxygens (including phenoxy) is 2. The van der Waals surface area contributed by atoms with Gasteiger partial charge in [-0.3, -0.25) is 0 Å². The molecule has 0 bridgehead atoms. The van der Waals surface area contributed by atoms with Crippen molar-refractivity contribution in [2.45, 2.75) is 18.2 Å². The summed E-state index contributed by atoms with van der Waals surface area (Å²) in [6, 6.07) is 0. The largest absolute Gasteiger partial charge is 0.385 e. The van der Waals surface area contributed by atoms with Crippen molar-refractivity contribution >= 4 is 15.9 Å². The van der Waals surface area contributed by atoms with Crippen molar-refractivity contribution in [1.82, 2.24) is 4.90 Å². The van der Waals surface area contributed by atoms with Gasteiger partial charge >= 0.3 is 0 Å². The summed E-state index contributed by atoms with van der Waals surface area (Å²) in [5, 5.41) is 0. The summed E-state index contributed by atoms with van der Waals surface area (Å²) in [6.07, 6.45) is 0.981. The Morgan fingerprint density at radius 3 is 2.57 bits per heavy atom. The molecule has 0 saturated carbocycles. The highest BCUT2D eigenvalue weighted by Crippen LogP contribution is 1.99. The predicted octanol–water partition coefficient (Wildman–Crippen LogP) is 1.75. The molecule has 0 aliphatic rings. The summed E-state index contributed by atoms with van der Waals surface area (Å²) in [6.45, 7) is 6.58. The Morgan fingerprint density at radius 2 is 2.00 bits per heavy atom. The van der Waals surface area contributed by atoms with Crippen molar-refractivity contribution in [2.24, 2.45) is 0 Å². The van der Waals surface area contributed by atoms with E-state index in [1.807, 2.05) is 0 Å². The minimum absolute atomic E-state index is 0.543. The standard InChI is InChI=1S/C10H22BrNO2/c1-10(11)9-12(2)5-8-14-7-4-6-13-3/h10H,4-9H2,1-3H3. The van der Waals surface area contributed by atoms with E-state index in [0.717, 1.165) is 39.3 Å². The molecule has 0 aliphatic heterocycles. The Morgan fingerprint density at radius 1 is 1.29 bits per heavy atom. The lowest BCUT2D eigenvalue weighted by Gasteiger charge is -2.17. The maximum Gasteiger partial charge on any atom is 0.0593 e. The summed E-state index contributed by atoms with van der Waals surface area (Å²) in [7, 11) is 3.82. The van der Waals surface area contributed by atoms with Crippen molar-refractivity contribution in [2.75, 3.05) is 47.1 Å². The molecule has 1 atom stereocenters. The molecule has 86 valence electrons. The zero-order chi connectivity index (χ0) is 10.8. The summed E-state index contributed by atoms with van der Waals surface area (Å²) in [5.41, 5.74) is 0. The first-order valence-electron chi connectivity index (χ1n) is 5.06. The van der Waals surface area contributed by atoms with Crippen molar-refractivity contribution in [1.29, 1.82) is 0 Å².